The Morgan fingerprint density at radius 3 is 2.52 bits per heavy atom. The van der Waals surface area contributed by atoms with Crippen LogP contribution in [0.4, 0.5) is 0 Å². The predicted molar refractivity (Wildman–Crippen MR) is 114 cm³/mol. The van der Waals surface area contributed by atoms with Crippen LogP contribution in [-0.4, -0.2) is 38.9 Å². The van der Waals surface area contributed by atoms with Gasteiger partial charge in [0, 0.05) is 19.6 Å². The summed E-state index contributed by atoms with van der Waals surface area (Å²) in [4.78, 5) is 14.9. The third-order valence-electron chi connectivity index (χ3n) is 5.74. The van der Waals surface area contributed by atoms with Crippen LogP contribution in [0.25, 0.3) is 0 Å². The Bertz CT molecular complexity index is 907. The fourth-order valence-electron chi connectivity index (χ4n) is 4.12. The summed E-state index contributed by atoms with van der Waals surface area (Å²) in [7, 11) is 0. The SMILES string of the molecule is O=C(c1cn(CCCc2ccccc2)nn1)N1CCC[C@H](c2ccccc2)CC1. The molecular formula is C24H28N4O. The number of aryl methyl sites for hydroxylation is 2. The number of rotatable bonds is 6. The van der Waals surface area contributed by atoms with E-state index in [9.17, 15) is 4.79 Å². The maximum Gasteiger partial charge on any atom is 0.276 e. The zero-order chi connectivity index (χ0) is 19.9. The van der Waals surface area contributed by atoms with Gasteiger partial charge in [0.1, 0.15) is 0 Å². The lowest BCUT2D eigenvalue weighted by atomic mass is 9.92. The van der Waals surface area contributed by atoms with Crippen molar-refractivity contribution in [2.24, 2.45) is 0 Å². The molecule has 0 unspecified atom stereocenters. The van der Waals surface area contributed by atoms with Gasteiger partial charge >= 0.3 is 0 Å². The average Bonchev–Trinajstić information content (AvgIpc) is 3.10. The lowest BCUT2D eigenvalue weighted by Gasteiger charge is -2.19. The summed E-state index contributed by atoms with van der Waals surface area (Å²) in [5, 5.41) is 8.31. The van der Waals surface area contributed by atoms with E-state index in [0.717, 1.165) is 51.7 Å². The molecule has 29 heavy (non-hydrogen) atoms. The second-order valence-electron chi connectivity index (χ2n) is 7.79. The number of nitrogens with zero attached hydrogens (tertiary/aromatic N) is 4. The van der Waals surface area contributed by atoms with Gasteiger partial charge in [0.25, 0.3) is 5.91 Å². The fourth-order valence-corrected chi connectivity index (χ4v) is 4.12. The highest BCUT2D eigenvalue weighted by Gasteiger charge is 2.24. The minimum Gasteiger partial charge on any atom is -0.337 e. The molecule has 0 saturated carbocycles. The Morgan fingerprint density at radius 2 is 1.72 bits per heavy atom. The number of benzene rings is 2. The topological polar surface area (TPSA) is 51.0 Å². The van der Waals surface area contributed by atoms with Gasteiger partial charge in [-0.2, -0.15) is 0 Å². The predicted octanol–water partition coefficient (Wildman–Crippen LogP) is 4.32. The number of aromatic nitrogens is 3. The van der Waals surface area contributed by atoms with Crippen molar-refractivity contribution in [1.82, 2.24) is 19.9 Å². The quantitative estimate of drug-likeness (QED) is 0.632. The van der Waals surface area contributed by atoms with Crippen molar-refractivity contribution in [3.63, 3.8) is 0 Å². The Labute approximate surface area is 172 Å². The third-order valence-corrected chi connectivity index (χ3v) is 5.74. The molecule has 1 aliphatic rings. The van der Waals surface area contributed by atoms with Crippen LogP contribution in [0.1, 0.15) is 53.2 Å². The van der Waals surface area contributed by atoms with Crippen LogP contribution >= 0.6 is 0 Å². The molecule has 1 aliphatic heterocycles. The van der Waals surface area contributed by atoms with Crippen molar-refractivity contribution in [3.05, 3.63) is 83.7 Å². The van der Waals surface area contributed by atoms with Crippen LogP contribution in [0, 0.1) is 0 Å². The maximum absolute atomic E-state index is 12.9. The van der Waals surface area contributed by atoms with Crippen molar-refractivity contribution in [2.45, 2.75) is 44.6 Å². The molecule has 2 heterocycles. The molecule has 1 amide bonds. The molecule has 1 fully saturated rings. The van der Waals surface area contributed by atoms with Crippen molar-refractivity contribution < 1.29 is 4.79 Å². The molecule has 1 saturated heterocycles. The number of carbonyl (C=O) groups is 1. The standard InChI is InChI=1S/C24H28N4O/c29-24(27-16-8-14-22(15-18-27)21-12-5-2-6-13-21)23-19-28(26-25-23)17-7-11-20-9-3-1-4-10-20/h1-6,9-10,12-13,19,22H,7-8,11,14-18H2/t22-/m0/s1. The smallest absolute Gasteiger partial charge is 0.276 e. The molecule has 1 aromatic heterocycles. The normalized spacial score (nSPS) is 17.1. The minimum atomic E-state index is 0.00743. The summed E-state index contributed by atoms with van der Waals surface area (Å²) in [6.07, 6.45) is 6.92. The van der Waals surface area contributed by atoms with Crippen molar-refractivity contribution >= 4 is 5.91 Å². The van der Waals surface area contributed by atoms with Crippen LogP contribution < -0.4 is 0 Å². The molecular weight excluding hydrogens is 360 g/mol. The highest BCUT2D eigenvalue weighted by molar-refractivity contribution is 5.91. The second-order valence-corrected chi connectivity index (χ2v) is 7.79. The van der Waals surface area contributed by atoms with Gasteiger partial charge < -0.3 is 4.90 Å². The highest BCUT2D eigenvalue weighted by Crippen LogP contribution is 2.28. The van der Waals surface area contributed by atoms with E-state index in [1.54, 1.807) is 10.9 Å². The largest absolute Gasteiger partial charge is 0.337 e. The first-order valence-corrected chi connectivity index (χ1v) is 10.6. The van der Waals surface area contributed by atoms with Crippen LogP contribution in [0.2, 0.25) is 0 Å². The van der Waals surface area contributed by atoms with Gasteiger partial charge in [0.2, 0.25) is 0 Å². The summed E-state index contributed by atoms with van der Waals surface area (Å²) in [5.74, 6) is 0.538. The van der Waals surface area contributed by atoms with E-state index < -0.39 is 0 Å². The number of hydrogen-bond donors (Lipinski definition) is 0. The molecule has 5 nitrogen and oxygen atoms in total. The van der Waals surface area contributed by atoms with E-state index in [0.29, 0.717) is 11.6 Å². The monoisotopic (exact) mass is 388 g/mol. The Kier molecular flexibility index (Phi) is 6.35. The Balaban J connectivity index is 1.30. The molecule has 5 heteroatoms. The van der Waals surface area contributed by atoms with Gasteiger partial charge in [-0.3, -0.25) is 9.48 Å². The average molecular weight is 389 g/mol. The van der Waals surface area contributed by atoms with Gasteiger partial charge in [-0.05, 0) is 49.1 Å². The molecule has 0 N–H and O–H groups in total. The fraction of sp³-hybridized carbons (Fsp3) is 0.375. The molecule has 0 spiro atoms. The van der Waals surface area contributed by atoms with Crippen molar-refractivity contribution in [3.8, 4) is 0 Å². The van der Waals surface area contributed by atoms with E-state index >= 15 is 0 Å². The molecule has 150 valence electrons. The number of hydrogen-bond acceptors (Lipinski definition) is 3. The summed E-state index contributed by atoms with van der Waals surface area (Å²) in [5.41, 5.74) is 3.16. The molecule has 2 aromatic carbocycles. The van der Waals surface area contributed by atoms with Crippen LogP contribution in [0.3, 0.4) is 0 Å². The van der Waals surface area contributed by atoms with Gasteiger partial charge in [0.05, 0.1) is 6.20 Å². The third kappa shape index (κ3) is 5.11. The number of likely N-dealkylation sites (tertiary alicyclic amines) is 1. The molecule has 0 aliphatic carbocycles. The Morgan fingerprint density at radius 1 is 0.966 bits per heavy atom. The first-order chi connectivity index (χ1) is 14.3. The minimum absolute atomic E-state index is 0.00743. The lowest BCUT2D eigenvalue weighted by Crippen LogP contribution is -2.32. The van der Waals surface area contributed by atoms with Crippen molar-refractivity contribution in [1.29, 1.82) is 0 Å². The maximum atomic E-state index is 12.9. The first-order valence-electron chi connectivity index (χ1n) is 10.6. The summed E-state index contributed by atoms with van der Waals surface area (Å²) in [6.45, 7) is 2.34. The van der Waals surface area contributed by atoms with Gasteiger partial charge in [-0.15, -0.1) is 5.10 Å². The summed E-state index contributed by atoms with van der Waals surface area (Å²) in [6, 6.07) is 21.1. The van der Waals surface area contributed by atoms with E-state index in [1.165, 1.54) is 11.1 Å². The van der Waals surface area contributed by atoms with Crippen molar-refractivity contribution in [2.75, 3.05) is 13.1 Å². The zero-order valence-corrected chi connectivity index (χ0v) is 16.8. The van der Waals surface area contributed by atoms with Crippen LogP contribution in [0.15, 0.2) is 66.9 Å². The van der Waals surface area contributed by atoms with Crippen LogP contribution in [-0.2, 0) is 13.0 Å². The lowest BCUT2D eigenvalue weighted by molar-refractivity contribution is 0.0755. The van der Waals surface area contributed by atoms with E-state index in [2.05, 4.69) is 64.9 Å². The van der Waals surface area contributed by atoms with E-state index in [-0.39, 0.29) is 5.91 Å². The van der Waals surface area contributed by atoms with Gasteiger partial charge in [-0.25, -0.2) is 0 Å². The van der Waals surface area contributed by atoms with E-state index in [4.69, 9.17) is 0 Å². The van der Waals surface area contributed by atoms with E-state index in [1.807, 2.05) is 11.0 Å². The number of amides is 1. The number of carbonyl (C=O) groups excluding carboxylic acids is 1. The molecule has 4 rings (SSSR count). The summed E-state index contributed by atoms with van der Waals surface area (Å²) < 4.78 is 1.79. The van der Waals surface area contributed by atoms with Gasteiger partial charge in [0.15, 0.2) is 5.69 Å². The zero-order valence-electron chi connectivity index (χ0n) is 16.8. The van der Waals surface area contributed by atoms with Crippen LogP contribution in [0.5, 0.6) is 0 Å². The second kappa shape index (κ2) is 9.50. The molecule has 0 radical (unpaired) electrons. The molecule has 0 bridgehead atoms. The Hall–Kier alpha value is -2.95. The molecule has 3 aromatic rings. The van der Waals surface area contributed by atoms with Gasteiger partial charge in [-0.1, -0.05) is 65.9 Å². The first kappa shape index (κ1) is 19.4. The summed E-state index contributed by atoms with van der Waals surface area (Å²) >= 11 is 0. The highest BCUT2D eigenvalue weighted by atomic mass is 16.2. The molecule has 1 atom stereocenters.